The van der Waals surface area contributed by atoms with E-state index in [1.54, 1.807) is 0 Å². The van der Waals surface area contributed by atoms with Gasteiger partial charge in [0.1, 0.15) is 18.1 Å². The van der Waals surface area contributed by atoms with Gasteiger partial charge in [-0.2, -0.15) is 0 Å². The van der Waals surface area contributed by atoms with Gasteiger partial charge in [0.05, 0.1) is 6.61 Å². The number of hydrogen-bond acceptors (Lipinski definition) is 3. The number of ether oxygens (including phenoxy) is 2. The predicted octanol–water partition coefficient (Wildman–Crippen LogP) is 5.65. The Balaban J connectivity index is 1.70. The predicted molar refractivity (Wildman–Crippen MR) is 106 cm³/mol. The highest BCUT2D eigenvalue weighted by Gasteiger charge is 2.12. The zero-order chi connectivity index (χ0) is 18.1. The van der Waals surface area contributed by atoms with Crippen LogP contribution in [-0.2, 0) is 5.41 Å². The van der Waals surface area contributed by atoms with Gasteiger partial charge in [-0.1, -0.05) is 46.2 Å². The number of nitrogens with one attached hydrogen (secondary N) is 1. The molecule has 2 aromatic rings. The first kappa shape index (κ1) is 19.2. The lowest BCUT2D eigenvalue weighted by atomic mass is 9.87. The second-order valence-electron chi connectivity index (χ2n) is 7.28. The minimum absolute atomic E-state index is 0.173. The molecule has 0 atom stereocenters. The van der Waals surface area contributed by atoms with Crippen molar-refractivity contribution in [1.29, 1.82) is 0 Å². The van der Waals surface area contributed by atoms with E-state index >= 15 is 0 Å². The summed E-state index contributed by atoms with van der Waals surface area (Å²) in [6.45, 7) is 11.0. The van der Waals surface area contributed by atoms with Crippen LogP contribution < -0.4 is 14.8 Å². The maximum atomic E-state index is 5.80. The average molecular weight is 341 g/mol. The average Bonchev–Trinajstić information content (AvgIpc) is 2.60. The van der Waals surface area contributed by atoms with Crippen LogP contribution in [0.15, 0.2) is 48.5 Å². The van der Waals surface area contributed by atoms with Crippen molar-refractivity contribution in [2.24, 2.45) is 0 Å². The lowest BCUT2D eigenvalue weighted by Crippen LogP contribution is -2.12. The van der Waals surface area contributed by atoms with E-state index in [1.807, 2.05) is 36.4 Å². The number of benzene rings is 2. The number of rotatable bonds is 9. The van der Waals surface area contributed by atoms with E-state index in [1.165, 1.54) is 5.56 Å². The molecule has 0 aliphatic rings. The Hall–Kier alpha value is -2.16. The molecule has 0 amide bonds. The van der Waals surface area contributed by atoms with Crippen molar-refractivity contribution in [3.05, 3.63) is 54.1 Å². The van der Waals surface area contributed by atoms with Crippen LogP contribution in [0.2, 0.25) is 0 Å². The fourth-order valence-corrected chi connectivity index (χ4v) is 2.42. The molecule has 0 heterocycles. The molecule has 2 rings (SSSR count). The molecule has 0 aromatic heterocycles. The molecule has 1 N–H and O–H groups in total. The lowest BCUT2D eigenvalue weighted by Gasteiger charge is -2.19. The summed E-state index contributed by atoms with van der Waals surface area (Å²) in [5.41, 5.74) is 2.57. The molecule has 3 heteroatoms. The van der Waals surface area contributed by atoms with Crippen molar-refractivity contribution in [3.63, 3.8) is 0 Å². The Kier molecular flexibility index (Phi) is 7.17. The molecular weight excluding hydrogens is 310 g/mol. The summed E-state index contributed by atoms with van der Waals surface area (Å²) in [4.78, 5) is 0. The monoisotopic (exact) mass is 341 g/mol. The molecule has 2 aromatic carbocycles. The molecule has 0 aliphatic carbocycles. The summed E-state index contributed by atoms with van der Waals surface area (Å²) in [6.07, 6.45) is 2.24. The number of anilines is 1. The smallest absolute Gasteiger partial charge is 0.119 e. The fraction of sp³-hybridized carbons (Fsp3) is 0.455. The third-order valence-electron chi connectivity index (χ3n) is 4.04. The third kappa shape index (κ3) is 6.69. The Bertz CT molecular complexity index is 612. The van der Waals surface area contributed by atoms with Crippen molar-refractivity contribution in [1.82, 2.24) is 0 Å². The summed E-state index contributed by atoms with van der Waals surface area (Å²) in [5.74, 6) is 1.84. The van der Waals surface area contributed by atoms with Crippen molar-refractivity contribution in [3.8, 4) is 11.5 Å². The Labute approximate surface area is 152 Å². The summed E-state index contributed by atoms with van der Waals surface area (Å²) >= 11 is 0. The van der Waals surface area contributed by atoms with E-state index in [-0.39, 0.29) is 5.41 Å². The van der Waals surface area contributed by atoms with Gasteiger partial charge < -0.3 is 14.8 Å². The van der Waals surface area contributed by atoms with Crippen LogP contribution in [0.1, 0.15) is 46.1 Å². The van der Waals surface area contributed by atoms with Crippen molar-refractivity contribution in [2.75, 3.05) is 25.1 Å². The highest BCUT2D eigenvalue weighted by molar-refractivity contribution is 5.46. The van der Waals surface area contributed by atoms with Crippen LogP contribution in [-0.4, -0.2) is 19.8 Å². The highest BCUT2D eigenvalue weighted by atomic mass is 16.5. The Morgan fingerprint density at radius 2 is 1.36 bits per heavy atom. The second-order valence-corrected chi connectivity index (χ2v) is 7.28. The molecule has 0 radical (unpaired) electrons. The van der Waals surface area contributed by atoms with E-state index in [9.17, 15) is 0 Å². The zero-order valence-corrected chi connectivity index (χ0v) is 16.0. The van der Waals surface area contributed by atoms with Crippen molar-refractivity contribution >= 4 is 5.69 Å². The van der Waals surface area contributed by atoms with Gasteiger partial charge in [0.25, 0.3) is 0 Å². The van der Waals surface area contributed by atoms with Gasteiger partial charge in [-0.25, -0.2) is 0 Å². The van der Waals surface area contributed by atoms with Gasteiger partial charge in [-0.05, 0) is 53.8 Å². The van der Waals surface area contributed by atoms with E-state index < -0.39 is 0 Å². The van der Waals surface area contributed by atoms with Crippen LogP contribution >= 0.6 is 0 Å². The van der Waals surface area contributed by atoms with Crippen LogP contribution in [0.5, 0.6) is 11.5 Å². The fourth-order valence-electron chi connectivity index (χ4n) is 2.42. The minimum Gasteiger partial charge on any atom is -0.494 e. The quantitative estimate of drug-likeness (QED) is 0.597. The first-order chi connectivity index (χ1) is 12.0. The Morgan fingerprint density at radius 3 is 1.92 bits per heavy atom. The third-order valence-corrected chi connectivity index (χ3v) is 4.04. The van der Waals surface area contributed by atoms with E-state index in [0.29, 0.717) is 6.61 Å². The minimum atomic E-state index is 0.173. The zero-order valence-electron chi connectivity index (χ0n) is 16.0. The Morgan fingerprint density at radius 1 is 0.800 bits per heavy atom. The molecule has 136 valence electrons. The molecule has 0 aliphatic heterocycles. The van der Waals surface area contributed by atoms with E-state index in [0.717, 1.165) is 43.2 Å². The summed E-state index contributed by atoms with van der Waals surface area (Å²) in [7, 11) is 0. The van der Waals surface area contributed by atoms with Crippen molar-refractivity contribution < 1.29 is 9.47 Å². The summed E-state index contributed by atoms with van der Waals surface area (Å²) in [5, 5.41) is 3.36. The van der Waals surface area contributed by atoms with Crippen LogP contribution in [0.3, 0.4) is 0 Å². The van der Waals surface area contributed by atoms with Gasteiger partial charge in [0, 0.05) is 12.2 Å². The molecule has 0 bridgehead atoms. The first-order valence-electron chi connectivity index (χ1n) is 9.19. The molecule has 0 unspecified atom stereocenters. The number of unbranched alkanes of at least 4 members (excludes halogenated alkanes) is 1. The maximum Gasteiger partial charge on any atom is 0.119 e. The van der Waals surface area contributed by atoms with Gasteiger partial charge in [-0.3, -0.25) is 0 Å². The van der Waals surface area contributed by atoms with Crippen molar-refractivity contribution in [2.45, 2.75) is 46.0 Å². The van der Waals surface area contributed by atoms with Gasteiger partial charge >= 0.3 is 0 Å². The van der Waals surface area contributed by atoms with Gasteiger partial charge in [0.15, 0.2) is 0 Å². The molecule has 0 saturated carbocycles. The largest absolute Gasteiger partial charge is 0.494 e. The first-order valence-corrected chi connectivity index (χ1v) is 9.19. The van der Waals surface area contributed by atoms with Gasteiger partial charge in [0.2, 0.25) is 0 Å². The van der Waals surface area contributed by atoms with E-state index in [4.69, 9.17) is 9.47 Å². The van der Waals surface area contributed by atoms with Crippen LogP contribution in [0.25, 0.3) is 0 Å². The highest BCUT2D eigenvalue weighted by Crippen LogP contribution is 2.24. The maximum absolute atomic E-state index is 5.80. The molecule has 3 nitrogen and oxygen atoms in total. The number of hydrogen-bond donors (Lipinski definition) is 1. The second kappa shape index (κ2) is 9.36. The summed E-state index contributed by atoms with van der Waals surface area (Å²) < 4.78 is 11.5. The van der Waals surface area contributed by atoms with Crippen LogP contribution in [0.4, 0.5) is 5.69 Å². The molecule has 0 fully saturated rings. The lowest BCUT2D eigenvalue weighted by molar-refractivity contribution is 0.309. The summed E-state index contributed by atoms with van der Waals surface area (Å²) in [6, 6.07) is 16.5. The van der Waals surface area contributed by atoms with Crippen LogP contribution in [0, 0.1) is 0 Å². The topological polar surface area (TPSA) is 30.5 Å². The molecule has 0 saturated heterocycles. The standard InChI is InChI=1S/C22H31NO2/c1-5-6-16-24-21-13-9-19(10-14-21)23-15-17-25-20-11-7-18(8-12-20)22(2,3)4/h7-14,23H,5-6,15-17H2,1-4H3. The molecular formula is C22H31NO2. The SMILES string of the molecule is CCCCOc1ccc(NCCOc2ccc(C(C)(C)C)cc2)cc1. The van der Waals surface area contributed by atoms with Gasteiger partial charge in [-0.15, -0.1) is 0 Å². The normalized spacial score (nSPS) is 11.2. The molecule has 0 spiro atoms. The molecule has 25 heavy (non-hydrogen) atoms. The van der Waals surface area contributed by atoms with E-state index in [2.05, 4.69) is 45.1 Å².